The summed E-state index contributed by atoms with van der Waals surface area (Å²) < 4.78 is 1.60. The summed E-state index contributed by atoms with van der Waals surface area (Å²) in [5.74, 6) is 0.227. The molecule has 0 unspecified atom stereocenters. The molecule has 146 valence electrons. The Morgan fingerprint density at radius 3 is 2.62 bits per heavy atom. The number of amides is 1. The van der Waals surface area contributed by atoms with Gasteiger partial charge in [-0.2, -0.15) is 4.68 Å². The highest BCUT2D eigenvalue weighted by atomic mass is 35.5. The molecule has 1 aromatic heterocycles. The van der Waals surface area contributed by atoms with Crippen LogP contribution in [-0.2, 0) is 4.79 Å². The fourth-order valence-electron chi connectivity index (χ4n) is 3.14. The van der Waals surface area contributed by atoms with Gasteiger partial charge in [-0.3, -0.25) is 4.79 Å². The Morgan fingerprint density at radius 2 is 1.83 bits per heavy atom. The number of hydrogen-bond acceptors (Lipinski definition) is 5. The fourth-order valence-corrected chi connectivity index (χ4v) is 4.04. The lowest BCUT2D eigenvalue weighted by Crippen LogP contribution is -2.32. The number of carbonyl (C=O) groups is 1. The Labute approximate surface area is 177 Å². The molecule has 0 aliphatic heterocycles. The van der Waals surface area contributed by atoms with Crippen LogP contribution in [0.4, 0.5) is 5.69 Å². The van der Waals surface area contributed by atoms with Crippen LogP contribution in [0.2, 0.25) is 5.02 Å². The van der Waals surface area contributed by atoms with E-state index in [4.69, 9.17) is 11.6 Å². The van der Waals surface area contributed by atoms with Gasteiger partial charge in [-0.05, 0) is 53.1 Å². The Hall–Kier alpha value is -2.90. The highest BCUT2D eigenvalue weighted by molar-refractivity contribution is 7.99. The lowest BCUT2D eigenvalue weighted by atomic mass is 10.1. The molecule has 8 heteroatoms. The summed E-state index contributed by atoms with van der Waals surface area (Å²) in [7, 11) is 0. The van der Waals surface area contributed by atoms with Crippen LogP contribution in [-0.4, -0.2) is 38.4 Å². The van der Waals surface area contributed by atoms with Gasteiger partial charge in [-0.1, -0.05) is 59.8 Å². The van der Waals surface area contributed by atoms with E-state index in [1.54, 1.807) is 21.7 Å². The van der Waals surface area contributed by atoms with Crippen molar-refractivity contribution in [2.75, 3.05) is 17.2 Å². The summed E-state index contributed by atoms with van der Waals surface area (Å²) >= 11 is 7.26. The summed E-state index contributed by atoms with van der Waals surface area (Å²) in [4.78, 5) is 14.8. The third-order valence-corrected chi connectivity index (χ3v) is 5.67. The maximum Gasteiger partial charge on any atom is 0.237 e. The van der Waals surface area contributed by atoms with Crippen molar-refractivity contribution in [1.82, 2.24) is 20.2 Å². The van der Waals surface area contributed by atoms with Crippen LogP contribution in [0.5, 0.6) is 0 Å². The summed E-state index contributed by atoms with van der Waals surface area (Å²) in [6.07, 6.45) is 0. The molecular formula is C21H18ClN5OS. The first-order valence-corrected chi connectivity index (χ1v) is 10.5. The van der Waals surface area contributed by atoms with Crippen molar-refractivity contribution in [1.29, 1.82) is 0 Å². The Balaban J connectivity index is 1.54. The molecule has 6 nitrogen and oxygen atoms in total. The smallest absolute Gasteiger partial charge is 0.237 e. The zero-order chi connectivity index (χ0) is 20.2. The average Bonchev–Trinajstić information content (AvgIpc) is 3.22. The van der Waals surface area contributed by atoms with Crippen molar-refractivity contribution in [3.8, 4) is 5.69 Å². The molecular weight excluding hydrogens is 406 g/mol. The number of aromatic nitrogens is 4. The second-order valence-corrected chi connectivity index (χ2v) is 7.65. The molecule has 0 fully saturated rings. The molecule has 1 amide bonds. The lowest BCUT2D eigenvalue weighted by molar-refractivity contribution is -0.116. The Morgan fingerprint density at radius 1 is 1.07 bits per heavy atom. The monoisotopic (exact) mass is 423 g/mol. The van der Waals surface area contributed by atoms with Gasteiger partial charge in [0.05, 0.1) is 17.1 Å². The first kappa shape index (κ1) is 19.4. The summed E-state index contributed by atoms with van der Waals surface area (Å²) in [5.41, 5.74) is 1.70. The number of nitrogens with zero attached hydrogens (tertiary/aromatic N) is 5. The first-order chi connectivity index (χ1) is 14.2. The molecule has 3 aromatic carbocycles. The minimum absolute atomic E-state index is 0.000454. The maximum absolute atomic E-state index is 13.0. The van der Waals surface area contributed by atoms with Crippen molar-refractivity contribution >= 4 is 45.7 Å². The van der Waals surface area contributed by atoms with Crippen molar-refractivity contribution in [3.63, 3.8) is 0 Å². The van der Waals surface area contributed by atoms with Crippen LogP contribution < -0.4 is 4.90 Å². The fraction of sp³-hybridized carbons (Fsp3) is 0.143. The molecule has 1 heterocycles. The molecule has 0 bridgehead atoms. The van der Waals surface area contributed by atoms with Crippen LogP contribution >= 0.6 is 23.4 Å². The third-order valence-electron chi connectivity index (χ3n) is 4.51. The molecule has 0 spiro atoms. The third kappa shape index (κ3) is 4.11. The number of benzene rings is 3. The second kappa shape index (κ2) is 8.63. The van der Waals surface area contributed by atoms with Crippen molar-refractivity contribution in [2.45, 2.75) is 12.1 Å². The molecule has 0 N–H and O–H groups in total. The average molecular weight is 424 g/mol. The number of carbonyl (C=O) groups excluding carboxylic acids is 1. The van der Waals surface area contributed by atoms with Crippen molar-refractivity contribution < 1.29 is 4.79 Å². The van der Waals surface area contributed by atoms with E-state index in [2.05, 4.69) is 15.5 Å². The van der Waals surface area contributed by atoms with Crippen LogP contribution in [0.15, 0.2) is 71.9 Å². The molecule has 29 heavy (non-hydrogen) atoms. The number of rotatable bonds is 6. The maximum atomic E-state index is 13.0. The number of fused-ring (bicyclic) bond motifs is 1. The van der Waals surface area contributed by atoms with Gasteiger partial charge in [-0.15, -0.1) is 5.10 Å². The number of tetrazole rings is 1. The molecule has 0 atom stereocenters. The van der Waals surface area contributed by atoms with Gasteiger partial charge in [0.2, 0.25) is 11.1 Å². The van der Waals surface area contributed by atoms with Gasteiger partial charge >= 0.3 is 0 Å². The van der Waals surface area contributed by atoms with Crippen LogP contribution in [0.1, 0.15) is 6.92 Å². The van der Waals surface area contributed by atoms with E-state index in [1.807, 2.05) is 61.5 Å². The molecule has 0 saturated carbocycles. The first-order valence-electron chi connectivity index (χ1n) is 9.12. The predicted molar refractivity (Wildman–Crippen MR) is 117 cm³/mol. The molecule has 0 aliphatic rings. The highest BCUT2D eigenvalue weighted by Gasteiger charge is 2.18. The van der Waals surface area contributed by atoms with Crippen LogP contribution in [0.25, 0.3) is 16.5 Å². The van der Waals surface area contributed by atoms with Gasteiger partial charge in [0.15, 0.2) is 0 Å². The Kier molecular flexibility index (Phi) is 5.78. The van der Waals surface area contributed by atoms with E-state index in [1.165, 1.54) is 11.8 Å². The number of anilines is 1. The minimum atomic E-state index is -0.000454. The summed E-state index contributed by atoms with van der Waals surface area (Å²) in [6.45, 7) is 2.55. The predicted octanol–water partition coefficient (Wildman–Crippen LogP) is 4.61. The molecule has 0 aliphatic carbocycles. The van der Waals surface area contributed by atoms with Crippen LogP contribution in [0, 0.1) is 0 Å². The van der Waals surface area contributed by atoms with Gasteiger partial charge in [-0.25, -0.2) is 0 Å². The van der Waals surface area contributed by atoms with Crippen molar-refractivity contribution in [2.24, 2.45) is 0 Å². The van der Waals surface area contributed by atoms with Gasteiger partial charge < -0.3 is 4.90 Å². The van der Waals surface area contributed by atoms with Gasteiger partial charge in [0.25, 0.3) is 0 Å². The van der Waals surface area contributed by atoms with Crippen LogP contribution in [0.3, 0.4) is 0 Å². The highest BCUT2D eigenvalue weighted by Crippen LogP contribution is 2.28. The minimum Gasteiger partial charge on any atom is -0.311 e. The normalized spacial score (nSPS) is 11.0. The zero-order valence-electron chi connectivity index (χ0n) is 15.7. The van der Waals surface area contributed by atoms with Gasteiger partial charge in [0, 0.05) is 17.0 Å². The number of thioether (sulfide) groups is 1. The van der Waals surface area contributed by atoms with Gasteiger partial charge in [0.1, 0.15) is 0 Å². The zero-order valence-corrected chi connectivity index (χ0v) is 17.3. The Bertz CT molecular complexity index is 1140. The molecule has 0 radical (unpaired) electrons. The van der Waals surface area contributed by atoms with E-state index in [0.29, 0.717) is 16.7 Å². The molecule has 4 aromatic rings. The van der Waals surface area contributed by atoms with E-state index in [0.717, 1.165) is 22.1 Å². The molecule has 4 rings (SSSR count). The lowest BCUT2D eigenvalue weighted by Gasteiger charge is -2.22. The van der Waals surface area contributed by atoms with E-state index in [9.17, 15) is 4.79 Å². The largest absolute Gasteiger partial charge is 0.311 e. The summed E-state index contributed by atoms with van der Waals surface area (Å²) in [5, 5.41) is 15.2. The standard InChI is InChI=1S/C21H18ClN5OS/c1-2-26(19-9-5-7-15-6-3-4-8-18(15)19)20(28)14-29-21-23-24-25-27(21)17-12-10-16(22)11-13-17/h3-13H,2,14H2,1H3. The number of halogens is 1. The second-order valence-electron chi connectivity index (χ2n) is 6.27. The number of hydrogen-bond donors (Lipinski definition) is 0. The van der Waals surface area contributed by atoms with E-state index < -0.39 is 0 Å². The quantitative estimate of drug-likeness (QED) is 0.423. The van der Waals surface area contributed by atoms with E-state index >= 15 is 0 Å². The summed E-state index contributed by atoms with van der Waals surface area (Å²) in [6, 6.07) is 21.3. The van der Waals surface area contributed by atoms with E-state index in [-0.39, 0.29) is 11.7 Å². The van der Waals surface area contributed by atoms with Crippen molar-refractivity contribution in [3.05, 3.63) is 71.8 Å². The SMILES string of the molecule is CCN(C(=O)CSc1nnnn1-c1ccc(Cl)cc1)c1cccc2ccccc12. The molecule has 0 saturated heterocycles. The topological polar surface area (TPSA) is 63.9 Å².